The van der Waals surface area contributed by atoms with Gasteiger partial charge in [0.15, 0.2) is 0 Å². The Balaban J connectivity index is 0.000000131. The molecule has 22 nitrogen and oxygen atoms in total. The number of ether oxygens (including phenoxy) is 1. The van der Waals surface area contributed by atoms with E-state index in [4.69, 9.17) is 84.9 Å². The lowest BCUT2D eigenvalue weighted by Crippen LogP contribution is -2.64. The number of anilines is 3. The number of cyclic esters (lactones) is 1. The molecule has 7 aliphatic heterocycles. The van der Waals surface area contributed by atoms with E-state index in [1.807, 2.05) is 72.8 Å². The van der Waals surface area contributed by atoms with Gasteiger partial charge >= 0.3 is 23.9 Å². The molecule has 2 saturated heterocycles. The van der Waals surface area contributed by atoms with Crippen molar-refractivity contribution >= 4 is 158 Å². The number of oxime groups is 2. The lowest BCUT2D eigenvalue weighted by atomic mass is 9.51. The number of pyridine rings is 3. The van der Waals surface area contributed by atoms with E-state index in [9.17, 15) is 38.7 Å². The molecule has 6 N–H and O–H groups in total. The molecular weight excluding hydrogens is 1920 g/mol. The number of benzene rings is 5. The standard InChI is InChI=1S/C38H34Cl2FN3O3.C35H38Cl2FN3O4.C25H25Cl2FN2O3.C9H14N2O2.ClH/c1-36(2)18-20-37(21-19-36)38(25-16-17-27(40)42-33(25)43-35(38)46)28(24-14-9-15-26(39)29(24)41)31-34(45)47-32(23-12-7-4-8-13-23)30(44(31)37)22-10-5-3-6-11-22;1-33(2)12-14-34(15-13-33)18-22(26(42)16-19-6-8-20(9-7-19)25-17-28(43)45-41-25)29(21-4-3-5-24(36)30(21)38)35(34)23-10-11-27(37)39-31(23)40-32(35)44;1-23(2)8-10-24(11-9-23)12-14(21(31)32)18(13-4-3-5-16(26)19(13)28)25(24)15-6-7-17(27)29-20(15)30-22(25)33;10-7-3-1-6(2-4-7)8-5-9(12)13-11-8;/h3-17,28,30-32H,18-21H2,1-2H3,(H,42,43,46);3-5,10-11,19-20,22,29H,6-9,12-18H2,1-2H3,(H,39,40,44);3-7,14,18H,8-12H2,1-2H3,(H,31,32)(H,29,30,33);6-7H,1-5,10H2;1H/t28-,30+,31+,32-,38-;19?,20?,22-,29-,35+;14-,18+,25?;;/m001../s1. The molecule has 3 amide bonds. The number of hydrogen-bond donors (Lipinski definition) is 5. The lowest BCUT2D eigenvalue weighted by Gasteiger charge is -2.57. The number of carbonyl (C=O) groups is 8. The molecule has 139 heavy (non-hydrogen) atoms. The molecule has 732 valence electrons. The molecule has 32 heteroatoms. The highest BCUT2D eigenvalue weighted by Crippen LogP contribution is 2.76. The number of carboxylic acids is 1. The molecule has 22 rings (SSSR count). The maximum atomic E-state index is 16.5. The maximum Gasteiger partial charge on any atom is 0.340 e. The summed E-state index contributed by atoms with van der Waals surface area (Å²) in [5.41, 5.74) is 5.99. The topological polar surface area (TPSA) is 313 Å². The molecule has 8 aromatic rings. The average Bonchev–Trinajstić information content (AvgIpc) is 1.48. The molecule has 1 unspecified atom stereocenters. The Labute approximate surface area is 841 Å². The maximum absolute atomic E-state index is 16.5. The third-order valence-corrected chi connectivity index (χ3v) is 35.9. The van der Waals surface area contributed by atoms with Gasteiger partial charge in [0.25, 0.3) is 0 Å². The van der Waals surface area contributed by atoms with Crippen molar-refractivity contribution in [2.75, 3.05) is 16.0 Å². The summed E-state index contributed by atoms with van der Waals surface area (Å²) in [5.74, 6) is -7.12. The van der Waals surface area contributed by atoms with E-state index >= 15 is 18.0 Å². The SMILES string of the molecule is CC1(C)CCC2(CC1)C[C@@H](C(=O)CC1CCC(C3=NOC(=O)C3)CC1)[C@H](c1cccc(Cl)c1F)[C@]21C(=O)Nc2nc(Cl)ccc21.CC1(C)CCC2(CC1)C[C@@H](C(=O)O)[C@H](c1cccc(Cl)c1F)C21C(=O)Nc2nc(Cl)ccc21.CC1(C)CCC2(CC1)N1[C@H](c3ccccc3)[C@H](c3ccccc3)OC(=O)[C@H]1[C@H](c1cccc(Cl)c1F)[C@@]21C(=O)Nc2nc(Cl)ccc21.Cl.NC1CCC(C2=NOC(=O)C2)CC1. The second-order valence-corrected chi connectivity index (χ2v) is 45.6. The van der Waals surface area contributed by atoms with Gasteiger partial charge in [-0.3, -0.25) is 33.7 Å². The van der Waals surface area contributed by atoms with E-state index in [1.54, 1.807) is 60.7 Å². The molecule has 6 spiro atoms. The number of esters is 1. The van der Waals surface area contributed by atoms with Gasteiger partial charge in [-0.2, -0.15) is 0 Å². The Morgan fingerprint density at radius 1 is 0.446 bits per heavy atom. The molecule has 7 aliphatic carbocycles. The van der Waals surface area contributed by atoms with E-state index in [0.29, 0.717) is 96.6 Å². The van der Waals surface area contributed by atoms with E-state index in [1.165, 1.54) is 18.2 Å². The van der Waals surface area contributed by atoms with Gasteiger partial charge < -0.3 is 41.2 Å². The highest BCUT2D eigenvalue weighted by molar-refractivity contribution is 6.32. The van der Waals surface area contributed by atoms with Gasteiger partial charge in [0.05, 0.1) is 62.1 Å². The number of morpholine rings is 1. The minimum atomic E-state index is -1.43. The van der Waals surface area contributed by atoms with Gasteiger partial charge in [-0.05, 0) is 238 Å². The summed E-state index contributed by atoms with van der Waals surface area (Å²) in [4.78, 5) is 133. The second kappa shape index (κ2) is 38.0. The summed E-state index contributed by atoms with van der Waals surface area (Å²) in [7, 11) is 0. The van der Waals surface area contributed by atoms with Crippen LogP contribution in [0.4, 0.5) is 30.6 Å². The quantitative estimate of drug-likeness (QED) is 0.0456. The average molecular weight is 2040 g/mol. The molecule has 5 aromatic carbocycles. The van der Waals surface area contributed by atoms with Crippen LogP contribution in [-0.4, -0.2) is 101 Å². The van der Waals surface area contributed by atoms with E-state index < -0.39 is 110 Å². The lowest BCUT2D eigenvalue weighted by molar-refractivity contribution is -0.184. The third kappa shape index (κ3) is 17.0. The normalized spacial score (nSPS) is 30.2. The molecule has 10 heterocycles. The largest absolute Gasteiger partial charge is 0.481 e. The van der Waals surface area contributed by atoms with Gasteiger partial charge in [0, 0.05) is 70.2 Å². The Morgan fingerprint density at radius 3 is 1.23 bits per heavy atom. The number of aliphatic carboxylic acids is 1. The van der Waals surface area contributed by atoms with E-state index in [2.05, 4.69) is 92.5 Å². The highest BCUT2D eigenvalue weighted by Gasteiger charge is 2.80. The minimum Gasteiger partial charge on any atom is -0.481 e. The Morgan fingerprint density at radius 2 is 0.820 bits per heavy atom. The fourth-order valence-electron chi connectivity index (χ4n) is 27.6. The first-order valence-electron chi connectivity index (χ1n) is 48.2. The van der Waals surface area contributed by atoms with Gasteiger partial charge in [-0.1, -0.05) is 237 Å². The number of nitrogens with zero attached hydrogens (tertiary/aromatic N) is 6. The van der Waals surface area contributed by atoms with Crippen LogP contribution in [0, 0.1) is 74.1 Å². The molecule has 0 bridgehead atoms. The summed E-state index contributed by atoms with van der Waals surface area (Å²) in [6.07, 6.45) is 17.7. The number of fused-ring (bicyclic) bond motifs is 11. The van der Waals surface area contributed by atoms with Crippen LogP contribution in [0.25, 0.3) is 0 Å². The second-order valence-electron chi connectivity index (χ2n) is 43.2. The number of amides is 3. The van der Waals surface area contributed by atoms with Gasteiger partial charge in [-0.15, -0.1) is 12.4 Å². The summed E-state index contributed by atoms with van der Waals surface area (Å²) in [6.45, 7) is 13.4. The number of nitrogens with two attached hydrogens (primary N) is 1. The van der Waals surface area contributed by atoms with Crippen molar-refractivity contribution in [2.45, 2.75) is 266 Å². The number of rotatable bonds is 11. The first-order chi connectivity index (χ1) is 65.8. The molecule has 7 saturated carbocycles. The smallest absolute Gasteiger partial charge is 0.340 e. The van der Waals surface area contributed by atoms with Crippen molar-refractivity contribution < 1.29 is 71.0 Å². The van der Waals surface area contributed by atoms with Crippen LogP contribution in [0.1, 0.15) is 276 Å². The number of carboxylic acid groups (broad SMARTS) is 1. The summed E-state index contributed by atoms with van der Waals surface area (Å²) >= 11 is 37.8. The number of halogens is 10. The summed E-state index contributed by atoms with van der Waals surface area (Å²) in [6, 6.07) is 43.3. The third-order valence-electron chi connectivity index (χ3n) is 34.4. The molecule has 14 aliphatic rings. The predicted octanol–water partition coefficient (Wildman–Crippen LogP) is 24.2. The van der Waals surface area contributed by atoms with Crippen LogP contribution in [0.5, 0.6) is 0 Å². The van der Waals surface area contributed by atoms with Crippen LogP contribution < -0.4 is 21.7 Å². The molecule has 9 fully saturated rings. The highest BCUT2D eigenvalue weighted by atomic mass is 35.5. The zero-order valence-electron chi connectivity index (χ0n) is 78.0. The van der Waals surface area contributed by atoms with Crippen LogP contribution >= 0.6 is 82.0 Å². The molecule has 11 atom stereocenters. The minimum absolute atomic E-state index is 0. The summed E-state index contributed by atoms with van der Waals surface area (Å²) < 4.78 is 54.7. The number of carbonyl (C=O) groups excluding carboxylic acids is 7. The van der Waals surface area contributed by atoms with Crippen LogP contribution in [0.2, 0.25) is 30.5 Å². The van der Waals surface area contributed by atoms with E-state index in [-0.39, 0.29) is 130 Å². The van der Waals surface area contributed by atoms with Gasteiger partial charge in [0.1, 0.15) is 73.7 Å². The van der Waals surface area contributed by atoms with Crippen molar-refractivity contribution in [1.82, 2.24) is 19.9 Å². The monoisotopic (exact) mass is 2030 g/mol. The van der Waals surface area contributed by atoms with Crippen LogP contribution in [-0.2, 0) is 69.0 Å². The van der Waals surface area contributed by atoms with Crippen LogP contribution in [0.15, 0.2) is 162 Å². The number of hydrogen-bond acceptors (Lipinski definition) is 18. The Kier molecular flexibility index (Phi) is 27.3. The molecular formula is C107H112Cl7F3N10O12. The van der Waals surface area contributed by atoms with E-state index in [0.717, 1.165) is 125 Å². The summed E-state index contributed by atoms with van der Waals surface area (Å²) in [5, 5.41) is 27.6. The number of aromatic nitrogens is 3. The Hall–Kier alpha value is -9.41. The van der Waals surface area contributed by atoms with Crippen molar-refractivity contribution in [3.05, 3.63) is 244 Å². The first-order valence-corrected chi connectivity index (χ1v) is 50.5. The fraction of sp³-hybridized carbons (Fsp3) is 0.486. The van der Waals surface area contributed by atoms with Gasteiger partial charge in [-0.25, -0.2) is 37.7 Å². The fourth-order valence-corrected chi connectivity index (χ4v) is 28.5. The zero-order valence-corrected chi connectivity index (χ0v) is 83.4. The molecule has 3 aromatic heterocycles. The zero-order chi connectivity index (χ0) is 97.5. The van der Waals surface area contributed by atoms with Crippen molar-refractivity contribution in [2.24, 2.45) is 72.7 Å². The van der Waals surface area contributed by atoms with Crippen molar-refractivity contribution in [3.8, 4) is 0 Å². The predicted molar refractivity (Wildman–Crippen MR) is 528 cm³/mol. The first kappa shape index (κ1) is 99.7. The molecule has 0 radical (unpaired) electrons. The Bertz CT molecular complexity index is 6290. The number of ketones is 1. The number of Topliss-reactive ketones (excluding diaryl/α,β-unsaturated/α-hetero) is 1. The number of nitrogens with one attached hydrogen (secondary N) is 3. The van der Waals surface area contributed by atoms with Crippen molar-refractivity contribution in [1.29, 1.82) is 0 Å². The van der Waals surface area contributed by atoms with Crippen LogP contribution in [0.3, 0.4) is 0 Å². The van der Waals surface area contributed by atoms with Gasteiger partial charge in [0.2, 0.25) is 17.7 Å². The van der Waals surface area contributed by atoms with Crippen molar-refractivity contribution in [3.63, 3.8) is 0 Å².